The Morgan fingerprint density at radius 2 is 1.77 bits per heavy atom. The van der Waals surface area contributed by atoms with E-state index in [9.17, 15) is 5.11 Å². The molecule has 0 saturated carbocycles. The van der Waals surface area contributed by atoms with Crippen LogP contribution in [0.3, 0.4) is 0 Å². The average molecular weight is 570 g/mol. The van der Waals surface area contributed by atoms with Gasteiger partial charge in [-0.2, -0.15) is 0 Å². The second-order valence-electron chi connectivity index (χ2n) is 11.4. The summed E-state index contributed by atoms with van der Waals surface area (Å²) in [4.78, 5) is 2.31. The van der Waals surface area contributed by atoms with Crippen molar-refractivity contribution in [2.24, 2.45) is 0 Å². The minimum absolute atomic E-state index is 0. The molecular formula is C30H36ClN3O6. The van der Waals surface area contributed by atoms with Gasteiger partial charge in [0.15, 0.2) is 17.3 Å². The zero-order valence-electron chi connectivity index (χ0n) is 23.1. The topological polar surface area (TPSA) is 103 Å². The van der Waals surface area contributed by atoms with E-state index in [0.717, 1.165) is 42.8 Å². The molecule has 0 aliphatic carbocycles. The number of fused-ring (bicyclic) bond motifs is 2. The lowest BCUT2D eigenvalue weighted by Crippen LogP contribution is -2.40. The smallest absolute Gasteiger partial charge is 0.283 e. The number of likely N-dealkylation sites (tertiary alicyclic amines) is 1. The molecule has 1 saturated heterocycles. The Hall–Kier alpha value is -3.27. The fraction of sp³-hybridized carbons (Fsp3) is 0.467. The van der Waals surface area contributed by atoms with Crippen molar-refractivity contribution in [2.45, 2.75) is 51.0 Å². The summed E-state index contributed by atoms with van der Waals surface area (Å²) in [5.74, 6) is 4.18. The molecule has 1 N–H and O–H groups in total. The number of halogens is 1. The molecule has 2 aromatic heterocycles. The van der Waals surface area contributed by atoms with E-state index in [-0.39, 0.29) is 24.4 Å². The Morgan fingerprint density at radius 3 is 2.52 bits per heavy atom. The van der Waals surface area contributed by atoms with Gasteiger partial charge in [0.2, 0.25) is 5.89 Å². The molecule has 0 spiro atoms. The van der Waals surface area contributed by atoms with Crippen LogP contribution in [0.2, 0.25) is 0 Å². The minimum atomic E-state index is -0.609. The molecule has 0 amide bonds. The van der Waals surface area contributed by atoms with Crippen molar-refractivity contribution in [3.05, 3.63) is 53.9 Å². The highest BCUT2D eigenvalue weighted by Gasteiger charge is 2.25. The first-order chi connectivity index (χ1) is 18.8. The summed E-state index contributed by atoms with van der Waals surface area (Å²) in [5.41, 5.74) is 1.71. The first-order valence-electron chi connectivity index (χ1n) is 13.6. The molecule has 4 aromatic rings. The van der Waals surface area contributed by atoms with Crippen LogP contribution < -0.4 is 14.2 Å². The standard InChI is InChI=1S/C30H35N3O6.ClH/c1-30(2,3)29-32-31-28(39-29)27-16-22-23(5-4-6-24(22)38-27)37-18-21(34)17-33-11-9-19(10-12-33)20-7-8-25-26(15-20)36-14-13-35-25;/h4-8,15-16,19,21,34H,9-14,17-18H2,1-3H3;1H/t21-;/m0./s1. The van der Waals surface area contributed by atoms with Crippen molar-refractivity contribution in [3.63, 3.8) is 0 Å². The van der Waals surface area contributed by atoms with Crippen LogP contribution in [0.5, 0.6) is 17.2 Å². The maximum Gasteiger partial charge on any atom is 0.283 e. The second kappa shape index (κ2) is 11.7. The van der Waals surface area contributed by atoms with Gasteiger partial charge >= 0.3 is 0 Å². The summed E-state index contributed by atoms with van der Waals surface area (Å²) in [6.07, 6.45) is 1.47. The number of hydrogen-bond donors (Lipinski definition) is 1. The highest BCUT2D eigenvalue weighted by atomic mass is 35.5. The SMILES string of the molecule is CC(C)(C)c1nnc(-c2cc3c(OC[C@@H](O)CN4CCC(c5ccc6c(c5)OCCO6)CC4)cccc3o2)o1.Cl. The van der Waals surface area contributed by atoms with Gasteiger partial charge in [0, 0.05) is 18.0 Å². The Balaban J connectivity index is 0.00000323. The number of β-amino-alcohol motifs (C(OH)–C–C–N with tert-alkyl or cyclic N) is 1. The van der Waals surface area contributed by atoms with Gasteiger partial charge in [-0.05, 0) is 61.7 Å². The first kappa shape index (κ1) is 28.3. The number of ether oxygens (including phenoxy) is 3. The lowest BCUT2D eigenvalue weighted by atomic mass is 9.89. The third-order valence-corrected chi connectivity index (χ3v) is 7.32. The fourth-order valence-electron chi connectivity index (χ4n) is 5.19. The number of aliphatic hydroxyl groups excluding tert-OH is 1. The number of piperidine rings is 1. The number of furan rings is 1. The molecule has 40 heavy (non-hydrogen) atoms. The van der Waals surface area contributed by atoms with Gasteiger partial charge in [0.25, 0.3) is 5.89 Å². The number of hydrogen-bond acceptors (Lipinski definition) is 9. The van der Waals surface area contributed by atoms with Crippen LogP contribution in [0, 0.1) is 0 Å². The molecule has 4 heterocycles. The van der Waals surface area contributed by atoms with Gasteiger partial charge in [-0.1, -0.05) is 32.9 Å². The lowest BCUT2D eigenvalue weighted by molar-refractivity contribution is 0.0599. The van der Waals surface area contributed by atoms with E-state index < -0.39 is 6.10 Å². The van der Waals surface area contributed by atoms with E-state index in [1.54, 1.807) is 0 Å². The summed E-state index contributed by atoms with van der Waals surface area (Å²) in [7, 11) is 0. The van der Waals surface area contributed by atoms with E-state index in [1.165, 1.54) is 5.56 Å². The highest BCUT2D eigenvalue weighted by molar-refractivity contribution is 5.87. The maximum atomic E-state index is 10.8. The molecule has 0 radical (unpaired) electrons. The normalized spacial score (nSPS) is 17.0. The predicted molar refractivity (Wildman–Crippen MR) is 153 cm³/mol. The number of benzene rings is 2. The minimum Gasteiger partial charge on any atom is -0.490 e. The largest absolute Gasteiger partial charge is 0.490 e. The van der Waals surface area contributed by atoms with Gasteiger partial charge in [-0.15, -0.1) is 22.6 Å². The Kier molecular flexibility index (Phi) is 8.26. The van der Waals surface area contributed by atoms with Gasteiger partial charge in [0.05, 0.1) is 5.39 Å². The molecule has 2 aromatic carbocycles. The van der Waals surface area contributed by atoms with Crippen LogP contribution in [0.15, 0.2) is 51.3 Å². The average Bonchev–Trinajstić information content (AvgIpc) is 3.60. The lowest BCUT2D eigenvalue weighted by Gasteiger charge is -2.33. The fourth-order valence-corrected chi connectivity index (χ4v) is 5.19. The third-order valence-electron chi connectivity index (χ3n) is 7.32. The summed E-state index contributed by atoms with van der Waals surface area (Å²) in [5, 5.41) is 19.9. The van der Waals surface area contributed by atoms with Crippen molar-refractivity contribution in [1.29, 1.82) is 0 Å². The molecule has 1 atom stereocenters. The van der Waals surface area contributed by atoms with E-state index in [1.807, 2.05) is 51.1 Å². The van der Waals surface area contributed by atoms with Crippen LogP contribution >= 0.6 is 12.4 Å². The number of aliphatic hydroxyl groups is 1. The van der Waals surface area contributed by atoms with E-state index in [0.29, 0.717) is 54.6 Å². The molecule has 0 bridgehead atoms. The van der Waals surface area contributed by atoms with E-state index in [2.05, 4.69) is 27.2 Å². The molecule has 1 fully saturated rings. The zero-order valence-corrected chi connectivity index (χ0v) is 23.9. The quantitative estimate of drug-likeness (QED) is 0.305. The van der Waals surface area contributed by atoms with Gasteiger partial charge in [-0.3, -0.25) is 0 Å². The highest BCUT2D eigenvalue weighted by Crippen LogP contribution is 2.37. The van der Waals surface area contributed by atoms with Gasteiger partial charge < -0.3 is 33.1 Å². The van der Waals surface area contributed by atoms with Crippen molar-refractivity contribution in [3.8, 4) is 28.9 Å². The van der Waals surface area contributed by atoms with Crippen LogP contribution in [-0.4, -0.2) is 65.8 Å². The Morgan fingerprint density at radius 1 is 1.00 bits per heavy atom. The van der Waals surface area contributed by atoms with Crippen LogP contribution in [0.25, 0.3) is 22.6 Å². The Bertz CT molecular complexity index is 1440. The summed E-state index contributed by atoms with van der Waals surface area (Å²) >= 11 is 0. The monoisotopic (exact) mass is 569 g/mol. The third kappa shape index (κ3) is 6.06. The number of aromatic nitrogens is 2. The molecule has 2 aliphatic rings. The molecule has 2 aliphatic heterocycles. The Labute approximate surface area is 239 Å². The first-order valence-corrected chi connectivity index (χ1v) is 13.6. The zero-order chi connectivity index (χ0) is 27.0. The van der Waals surface area contributed by atoms with Gasteiger partial charge in [0.1, 0.15) is 37.3 Å². The van der Waals surface area contributed by atoms with Crippen LogP contribution in [0.1, 0.15) is 51.0 Å². The van der Waals surface area contributed by atoms with Crippen molar-refractivity contribution < 1.29 is 28.2 Å². The number of nitrogens with zero attached hydrogens (tertiary/aromatic N) is 3. The summed E-state index contributed by atoms with van der Waals surface area (Å²) < 4.78 is 29.3. The maximum absolute atomic E-state index is 10.8. The summed E-state index contributed by atoms with van der Waals surface area (Å²) in [6, 6.07) is 13.8. The molecule has 6 rings (SSSR count). The van der Waals surface area contributed by atoms with Crippen molar-refractivity contribution in [1.82, 2.24) is 15.1 Å². The van der Waals surface area contributed by atoms with E-state index in [4.69, 9.17) is 23.0 Å². The van der Waals surface area contributed by atoms with E-state index >= 15 is 0 Å². The van der Waals surface area contributed by atoms with Crippen molar-refractivity contribution in [2.75, 3.05) is 39.5 Å². The van der Waals surface area contributed by atoms with Crippen LogP contribution in [-0.2, 0) is 5.41 Å². The van der Waals surface area contributed by atoms with Crippen LogP contribution in [0.4, 0.5) is 0 Å². The summed E-state index contributed by atoms with van der Waals surface area (Å²) in [6.45, 7) is 9.87. The predicted octanol–water partition coefficient (Wildman–Crippen LogP) is 5.59. The molecule has 10 heteroatoms. The molecular weight excluding hydrogens is 534 g/mol. The van der Waals surface area contributed by atoms with Crippen molar-refractivity contribution >= 4 is 23.4 Å². The number of rotatable bonds is 7. The molecule has 9 nitrogen and oxygen atoms in total. The van der Waals surface area contributed by atoms with Gasteiger partial charge in [-0.25, -0.2) is 0 Å². The second-order valence-corrected chi connectivity index (χ2v) is 11.4. The molecule has 0 unspecified atom stereocenters. The molecule has 214 valence electrons.